The second-order valence-electron chi connectivity index (χ2n) is 8.88. The van der Waals surface area contributed by atoms with Crippen LogP contribution >= 0.6 is 11.3 Å². The van der Waals surface area contributed by atoms with Crippen molar-refractivity contribution in [3.63, 3.8) is 0 Å². The molecule has 0 unspecified atom stereocenters. The third-order valence-corrected chi connectivity index (χ3v) is 7.68. The second-order valence-corrected chi connectivity index (χ2v) is 9.77. The number of aromatic nitrogens is 3. The molecule has 0 bridgehead atoms. The molecule has 3 aromatic rings. The molecule has 5 rings (SSSR count). The molecule has 10 nitrogen and oxygen atoms in total. The van der Waals surface area contributed by atoms with Gasteiger partial charge in [-0.25, -0.2) is 9.61 Å². The van der Waals surface area contributed by atoms with Gasteiger partial charge in [0.1, 0.15) is 16.7 Å². The van der Waals surface area contributed by atoms with Crippen LogP contribution in [0, 0.1) is 5.92 Å². The zero-order valence-electron chi connectivity index (χ0n) is 18.7. The summed E-state index contributed by atoms with van der Waals surface area (Å²) < 4.78 is 4.63. The summed E-state index contributed by atoms with van der Waals surface area (Å²) in [6, 6.07) is 4.71. The van der Waals surface area contributed by atoms with E-state index in [1.807, 2.05) is 4.90 Å². The van der Waals surface area contributed by atoms with Crippen molar-refractivity contribution in [2.45, 2.75) is 50.9 Å². The summed E-state index contributed by atoms with van der Waals surface area (Å²) in [7, 11) is 0. The molecular formula is C23H26N6O4S. The number of nitrogens with zero attached hydrogens (tertiary/aromatic N) is 4. The maximum Gasteiger partial charge on any atom is 0.289 e. The topological polar surface area (TPSA) is 130 Å². The van der Waals surface area contributed by atoms with Crippen LogP contribution in [0.25, 0.3) is 11.0 Å². The van der Waals surface area contributed by atoms with Crippen LogP contribution in [0.1, 0.15) is 76.7 Å². The van der Waals surface area contributed by atoms with Crippen molar-refractivity contribution in [2.24, 2.45) is 5.92 Å². The molecule has 3 amide bonds. The number of nitrogens with one attached hydrogen (secondary N) is 2. The summed E-state index contributed by atoms with van der Waals surface area (Å²) >= 11 is 1.44. The normalized spacial score (nSPS) is 17.6. The van der Waals surface area contributed by atoms with Gasteiger partial charge in [-0.05, 0) is 54.2 Å². The predicted octanol–water partition coefficient (Wildman–Crippen LogP) is 3.04. The standard InChI is InChI=1S/C23H26N6O4S/c30-20(16-6-7-17-18(12-16)28-33-27-17)25-26-21(31)19-13-34-22(24-19)14-8-10-29(11-9-14)23(32)15-4-2-1-3-5-15/h6-7,12-15H,1-5,8-11H2,(H,25,30)(H,26,31). The summed E-state index contributed by atoms with van der Waals surface area (Å²) in [4.78, 5) is 44.1. The largest absolute Gasteiger partial charge is 0.342 e. The Morgan fingerprint density at radius 2 is 1.68 bits per heavy atom. The van der Waals surface area contributed by atoms with Gasteiger partial charge in [-0.1, -0.05) is 19.3 Å². The molecule has 1 aromatic carbocycles. The van der Waals surface area contributed by atoms with Gasteiger partial charge in [0.2, 0.25) is 5.91 Å². The van der Waals surface area contributed by atoms with E-state index in [-0.39, 0.29) is 17.5 Å². The van der Waals surface area contributed by atoms with Crippen molar-refractivity contribution >= 4 is 40.1 Å². The number of hydrogen-bond donors (Lipinski definition) is 2. The van der Waals surface area contributed by atoms with Gasteiger partial charge in [0.25, 0.3) is 11.8 Å². The summed E-state index contributed by atoms with van der Waals surface area (Å²) in [5.74, 6) is -0.217. The molecule has 2 N–H and O–H groups in total. The second kappa shape index (κ2) is 9.88. The molecule has 2 aromatic heterocycles. The van der Waals surface area contributed by atoms with Crippen LogP contribution in [0.3, 0.4) is 0 Å². The number of carbonyl (C=O) groups is 3. The van der Waals surface area contributed by atoms with E-state index in [1.54, 1.807) is 17.5 Å². The maximum atomic E-state index is 12.8. The first-order chi connectivity index (χ1) is 16.6. The zero-order chi connectivity index (χ0) is 23.5. The quantitative estimate of drug-likeness (QED) is 0.547. The smallest absolute Gasteiger partial charge is 0.289 e. The van der Waals surface area contributed by atoms with Gasteiger partial charge in [0, 0.05) is 35.9 Å². The van der Waals surface area contributed by atoms with Gasteiger partial charge in [-0.2, -0.15) is 0 Å². The van der Waals surface area contributed by atoms with Crippen LogP contribution in [0.5, 0.6) is 0 Å². The Kier molecular flexibility index (Phi) is 6.52. The molecule has 0 atom stereocenters. The molecule has 0 spiro atoms. The predicted molar refractivity (Wildman–Crippen MR) is 124 cm³/mol. The Labute approximate surface area is 200 Å². The number of thiazole rings is 1. The Morgan fingerprint density at radius 1 is 0.941 bits per heavy atom. The maximum absolute atomic E-state index is 12.8. The first kappa shape index (κ1) is 22.5. The van der Waals surface area contributed by atoms with E-state index in [4.69, 9.17) is 0 Å². The number of hydrogen-bond acceptors (Lipinski definition) is 8. The number of rotatable bonds is 4. The lowest BCUT2D eigenvalue weighted by atomic mass is 9.87. The molecule has 1 aliphatic carbocycles. The minimum atomic E-state index is -0.483. The third kappa shape index (κ3) is 4.79. The average molecular weight is 483 g/mol. The molecule has 1 aliphatic heterocycles. The Hall–Kier alpha value is -3.34. The van der Waals surface area contributed by atoms with Gasteiger partial charge in [-0.3, -0.25) is 25.2 Å². The van der Waals surface area contributed by atoms with Crippen LogP contribution in [0.15, 0.2) is 28.2 Å². The van der Waals surface area contributed by atoms with Crippen LogP contribution in [-0.4, -0.2) is 51.0 Å². The fraction of sp³-hybridized carbons (Fsp3) is 0.478. The molecular weight excluding hydrogens is 456 g/mol. The highest BCUT2D eigenvalue weighted by atomic mass is 32.1. The van der Waals surface area contributed by atoms with Gasteiger partial charge in [-0.15, -0.1) is 11.3 Å². The van der Waals surface area contributed by atoms with Gasteiger partial charge >= 0.3 is 0 Å². The molecule has 11 heteroatoms. The number of fused-ring (bicyclic) bond motifs is 1. The molecule has 1 saturated carbocycles. The summed E-state index contributed by atoms with van der Waals surface area (Å²) in [6.07, 6.45) is 7.30. The minimum Gasteiger partial charge on any atom is -0.342 e. The highest BCUT2D eigenvalue weighted by Gasteiger charge is 2.30. The highest BCUT2D eigenvalue weighted by Crippen LogP contribution is 2.32. The Morgan fingerprint density at radius 3 is 2.47 bits per heavy atom. The lowest BCUT2D eigenvalue weighted by molar-refractivity contribution is -0.137. The molecule has 34 heavy (non-hydrogen) atoms. The monoisotopic (exact) mass is 482 g/mol. The van der Waals surface area contributed by atoms with Crippen molar-refractivity contribution in [2.75, 3.05) is 13.1 Å². The van der Waals surface area contributed by atoms with Crippen molar-refractivity contribution in [3.8, 4) is 0 Å². The van der Waals surface area contributed by atoms with Gasteiger partial charge in [0.15, 0.2) is 0 Å². The number of carbonyl (C=O) groups excluding carboxylic acids is 3. The molecule has 1 saturated heterocycles. The first-order valence-corrected chi connectivity index (χ1v) is 12.5. The number of benzene rings is 1. The van der Waals surface area contributed by atoms with Gasteiger partial charge < -0.3 is 4.90 Å². The Balaban J connectivity index is 1.12. The average Bonchev–Trinajstić information content (AvgIpc) is 3.57. The number of amides is 3. The summed E-state index contributed by atoms with van der Waals surface area (Å²) in [5, 5.41) is 9.99. The zero-order valence-corrected chi connectivity index (χ0v) is 19.5. The van der Waals surface area contributed by atoms with E-state index >= 15 is 0 Å². The highest BCUT2D eigenvalue weighted by molar-refractivity contribution is 7.09. The van der Waals surface area contributed by atoms with Crippen LogP contribution in [0.2, 0.25) is 0 Å². The molecule has 2 fully saturated rings. The number of piperidine rings is 1. The minimum absolute atomic E-state index is 0.199. The molecule has 178 valence electrons. The molecule has 0 radical (unpaired) electrons. The van der Waals surface area contributed by atoms with Crippen molar-refractivity contribution in [1.29, 1.82) is 0 Å². The summed E-state index contributed by atoms with van der Waals surface area (Å²) in [5.41, 5.74) is 6.38. The lowest BCUT2D eigenvalue weighted by Gasteiger charge is -2.34. The van der Waals surface area contributed by atoms with Crippen LogP contribution in [-0.2, 0) is 4.79 Å². The fourth-order valence-corrected chi connectivity index (χ4v) is 5.68. The summed E-state index contributed by atoms with van der Waals surface area (Å²) in [6.45, 7) is 1.48. The number of likely N-dealkylation sites (tertiary alicyclic amines) is 1. The lowest BCUT2D eigenvalue weighted by Crippen LogP contribution is -2.42. The van der Waals surface area contributed by atoms with Crippen molar-refractivity contribution in [1.82, 2.24) is 31.0 Å². The fourth-order valence-electron chi connectivity index (χ4n) is 4.71. The van der Waals surface area contributed by atoms with E-state index in [0.29, 0.717) is 22.5 Å². The number of hydrazine groups is 1. The van der Waals surface area contributed by atoms with Crippen molar-refractivity contribution in [3.05, 3.63) is 39.8 Å². The van der Waals surface area contributed by atoms with E-state index in [1.165, 1.54) is 23.8 Å². The third-order valence-electron chi connectivity index (χ3n) is 6.67. The van der Waals surface area contributed by atoms with E-state index < -0.39 is 11.8 Å². The van der Waals surface area contributed by atoms with E-state index in [0.717, 1.165) is 56.6 Å². The van der Waals surface area contributed by atoms with E-state index in [9.17, 15) is 14.4 Å². The molecule has 2 aliphatic rings. The van der Waals surface area contributed by atoms with E-state index in [2.05, 4.69) is 30.8 Å². The van der Waals surface area contributed by atoms with Gasteiger partial charge in [0.05, 0.1) is 5.01 Å². The van der Waals surface area contributed by atoms with Crippen LogP contribution in [0.4, 0.5) is 0 Å². The van der Waals surface area contributed by atoms with Crippen molar-refractivity contribution < 1.29 is 19.0 Å². The molecule has 3 heterocycles. The SMILES string of the molecule is O=C(NNC(=O)c1csc(C2CCN(C(=O)C3CCCCC3)CC2)n1)c1ccc2nonc2c1. The Bertz CT molecular complexity index is 1190. The van der Waals surface area contributed by atoms with Crippen LogP contribution < -0.4 is 10.9 Å². The first-order valence-electron chi connectivity index (χ1n) is 11.7.